The van der Waals surface area contributed by atoms with Crippen LogP contribution < -0.4 is 20.7 Å². The highest BCUT2D eigenvalue weighted by atomic mass is 16.5. The molecule has 3 fully saturated rings. The van der Waals surface area contributed by atoms with Crippen LogP contribution in [0.3, 0.4) is 0 Å². The molecular weight excluding hydrogens is 620 g/mol. The van der Waals surface area contributed by atoms with E-state index in [2.05, 4.69) is 30.1 Å². The van der Waals surface area contributed by atoms with Crippen LogP contribution in [0.25, 0.3) is 22.3 Å². The van der Waals surface area contributed by atoms with E-state index < -0.39 is 0 Å². The smallest absolute Gasteiger partial charge is 0.297 e. The van der Waals surface area contributed by atoms with Crippen molar-refractivity contribution in [2.24, 2.45) is 5.92 Å². The number of nitrogens with two attached hydrogens (primary N) is 1. The van der Waals surface area contributed by atoms with E-state index in [1.807, 2.05) is 64.2 Å². The van der Waals surface area contributed by atoms with Crippen LogP contribution in [-0.4, -0.2) is 99.3 Å². The van der Waals surface area contributed by atoms with E-state index in [-0.39, 0.29) is 17.7 Å². The van der Waals surface area contributed by atoms with Crippen LogP contribution in [0.2, 0.25) is 0 Å². The minimum atomic E-state index is -0.156. The SMILES string of the molecule is Nc1ncnc2c1c(-c1ccc(Oc3ccccc3)cc1)nn2C1CCCN(C(=O)c2cnc(N3CCC(CN4CCNCC4)CC3)o2)C1. The molecular formula is C36H42N10O3. The number of amides is 1. The monoisotopic (exact) mass is 662 g/mol. The lowest BCUT2D eigenvalue weighted by atomic mass is 9.96. The number of nitrogen functional groups attached to an aromatic ring is 1. The van der Waals surface area contributed by atoms with E-state index in [1.54, 1.807) is 6.20 Å². The van der Waals surface area contributed by atoms with E-state index in [4.69, 9.17) is 20.0 Å². The Kier molecular flexibility index (Phi) is 8.84. The Hall–Kier alpha value is -5.01. The number of nitrogens with zero attached hydrogens (tertiary/aromatic N) is 8. The van der Waals surface area contributed by atoms with Crippen molar-refractivity contribution in [3.8, 4) is 22.8 Å². The number of oxazole rings is 1. The fraction of sp³-hybridized carbons (Fsp3) is 0.417. The van der Waals surface area contributed by atoms with Crippen LogP contribution in [0.1, 0.15) is 42.3 Å². The third kappa shape index (κ3) is 6.68. The number of carbonyl (C=O) groups excluding carboxylic acids is 1. The summed E-state index contributed by atoms with van der Waals surface area (Å²) in [7, 11) is 0. The molecule has 2 aromatic carbocycles. The summed E-state index contributed by atoms with van der Waals surface area (Å²) in [5.74, 6) is 2.65. The molecule has 0 spiro atoms. The second-order valence-corrected chi connectivity index (χ2v) is 13.2. The van der Waals surface area contributed by atoms with Crippen LogP contribution >= 0.6 is 0 Å². The molecule has 13 heteroatoms. The first-order valence-corrected chi connectivity index (χ1v) is 17.3. The lowest BCUT2D eigenvalue weighted by Crippen LogP contribution is -2.47. The van der Waals surface area contributed by atoms with Gasteiger partial charge in [-0.2, -0.15) is 5.10 Å². The molecule has 8 rings (SSSR count). The standard InChI is InChI=1S/C36H42N10O3/c37-33-31-32(26-8-10-29(11-9-26)48-28-6-2-1-3-7-28)42-46(34(31)41-24-40-33)27-5-4-16-45(23-27)35(47)30-21-39-36(49-30)44-17-12-25(13-18-44)22-43-19-14-38-15-20-43/h1-3,6-11,21,24-25,27,38H,4-5,12-20,22-23H2,(H2,37,40,41). The number of ether oxygens (including phenoxy) is 1. The highest BCUT2D eigenvalue weighted by Crippen LogP contribution is 2.35. The topological polar surface area (TPSA) is 144 Å². The number of benzene rings is 2. The van der Waals surface area contributed by atoms with Crippen molar-refractivity contribution in [1.29, 1.82) is 0 Å². The predicted molar refractivity (Wildman–Crippen MR) is 187 cm³/mol. The maximum Gasteiger partial charge on any atom is 0.297 e. The molecule has 49 heavy (non-hydrogen) atoms. The summed E-state index contributed by atoms with van der Waals surface area (Å²) in [5.41, 5.74) is 8.63. The maximum absolute atomic E-state index is 13.7. The second kappa shape index (κ2) is 13.8. The number of aromatic nitrogens is 5. The summed E-state index contributed by atoms with van der Waals surface area (Å²) in [6.45, 7) is 8.44. The lowest BCUT2D eigenvalue weighted by Gasteiger charge is -2.35. The number of para-hydroxylation sites is 1. The number of fused-ring (bicyclic) bond motifs is 1. The highest BCUT2D eigenvalue weighted by Gasteiger charge is 2.32. The van der Waals surface area contributed by atoms with Gasteiger partial charge < -0.3 is 34.9 Å². The molecule has 13 nitrogen and oxygen atoms in total. The zero-order valence-corrected chi connectivity index (χ0v) is 27.6. The Morgan fingerprint density at radius 3 is 2.49 bits per heavy atom. The number of anilines is 2. The molecule has 0 saturated carbocycles. The minimum absolute atomic E-state index is 0.0963. The Labute approximate surface area is 285 Å². The fourth-order valence-electron chi connectivity index (χ4n) is 7.33. The van der Waals surface area contributed by atoms with Crippen LogP contribution in [0.4, 0.5) is 11.8 Å². The van der Waals surface area contributed by atoms with Crippen molar-refractivity contribution < 1.29 is 13.9 Å². The van der Waals surface area contributed by atoms with Crippen molar-refractivity contribution in [2.45, 2.75) is 31.7 Å². The van der Waals surface area contributed by atoms with Gasteiger partial charge in [0.1, 0.15) is 29.3 Å². The Balaban J connectivity index is 0.951. The minimum Gasteiger partial charge on any atom is -0.457 e. The second-order valence-electron chi connectivity index (χ2n) is 13.2. The van der Waals surface area contributed by atoms with Crippen LogP contribution in [0, 0.1) is 5.92 Å². The summed E-state index contributed by atoms with van der Waals surface area (Å²) >= 11 is 0. The number of likely N-dealkylation sites (tertiary alicyclic amines) is 1. The van der Waals surface area contributed by atoms with Crippen LogP contribution in [-0.2, 0) is 0 Å². The molecule has 3 saturated heterocycles. The van der Waals surface area contributed by atoms with Gasteiger partial charge in [0.2, 0.25) is 5.76 Å². The zero-order valence-electron chi connectivity index (χ0n) is 27.6. The summed E-state index contributed by atoms with van der Waals surface area (Å²) < 4.78 is 14.0. The Bertz CT molecular complexity index is 1880. The number of nitrogens with one attached hydrogen (secondary N) is 1. The van der Waals surface area contributed by atoms with Gasteiger partial charge in [-0.1, -0.05) is 18.2 Å². The Morgan fingerprint density at radius 1 is 0.918 bits per heavy atom. The number of carbonyl (C=O) groups is 1. The first-order valence-electron chi connectivity index (χ1n) is 17.3. The number of piperazine rings is 1. The van der Waals surface area contributed by atoms with Gasteiger partial charge >= 0.3 is 0 Å². The van der Waals surface area contributed by atoms with Gasteiger partial charge in [0.05, 0.1) is 17.6 Å². The quantitative estimate of drug-likeness (QED) is 0.243. The molecule has 0 bridgehead atoms. The highest BCUT2D eigenvalue weighted by molar-refractivity contribution is 5.98. The Morgan fingerprint density at radius 2 is 1.69 bits per heavy atom. The largest absolute Gasteiger partial charge is 0.457 e. The molecule has 0 radical (unpaired) electrons. The summed E-state index contributed by atoms with van der Waals surface area (Å²) in [4.78, 5) is 33.7. The summed E-state index contributed by atoms with van der Waals surface area (Å²) in [6, 6.07) is 17.8. The van der Waals surface area contributed by atoms with Crippen molar-refractivity contribution in [3.63, 3.8) is 0 Å². The first kappa shape index (κ1) is 31.3. The summed E-state index contributed by atoms with van der Waals surface area (Å²) in [6.07, 6.45) is 6.91. The maximum atomic E-state index is 13.7. The average Bonchev–Trinajstić information content (AvgIpc) is 3.80. The van der Waals surface area contributed by atoms with Crippen molar-refractivity contribution >= 4 is 28.8 Å². The van der Waals surface area contributed by atoms with Gasteiger partial charge in [-0.05, 0) is 68.0 Å². The van der Waals surface area contributed by atoms with Crippen LogP contribution in [0.5, 0.6) is 11.5 Å². The lowest BCUT2D eigenvalue weighted by molar-refractivity contribution is 0.0643. The van der Waals surface area contributed by atoms with E-state index in [0.717, 1.165) is 88.6 Å². The van der Waals surface area contributed by atoms with Gasteiger partial charge in [0, 0.05) is 64.5 Å². The molecule has 254 valence electrons. The molecule has 6 heterocycles. The van der Waals surface area contributed by atoms with Gasteiger partial charge in [-0.15, -0.1) is 0 Å². The molecule has 1 atom stereocenters. The predicted octanol–water partition coefficient (Wildman–Crippen LogP) is 4.45. The van der Waals surface area contributed by atoms with E-state index in [0.29, 0.717) is 47.6 Å². The van der Waals surface area contributed by atoms with E-state index in [1.165, 1.54) is 6.33 Å². The van der Waals surface area contributed by atoms with Gasteiger partial charge in [0.25, 0.3) is 11.9 Å². The number of hydrogen-bond donors (Lipinski definition) is 2. The normalized spacial score (nSPS) is 19.4. The molecule has 3 aliphatic heterocycles. The van der Waals surface area contributed by atoms with Gasteiger partial charge in [-0.25, -0.2) is 19.6 Å². The first-order chi connectivity index (χ1) is 24.1. The van der Waals surface area contributed by atoms with Gasteiger partial charge in [-0.3, -0.25) is 4.79 Å². The van der Waals surface area contributed by atoms with Crippen molar-refractivity contribution in [1.82, 2.24) is 39.8 Å². The third-order valence-electron chi connectivity index (χ3n) is 9.97. The molecule has 3 aliphatic rings. The van der Waals surface area contributed by atoms with Crippen molar-refractivity contribution in [2.75, 3.05) is 69.5 Å². The molecule has 3 aromatic heterocycles. The zero-order chi connectivity index (χ0) is 33.2. The number of rotatable bonds is 8. The van der Waals surface area contributed by atoms with Gasteiger partial charge in [0.15, 0.2) is 5.65 Å². The van der Waals surface area contributed by atoms with E-state index in [9.17, 15) is 4.79 Å². The molecule has 1 amide bonds. The van der Waals surface area contributed by atoms with Crippen molar-refractivity contribution in [3.05, 3.63) is 72.9 Å². The fourth-order valence-corrected chi connectivity index (χ4v) is 7.33. The molecule has 3 N–H and O–H groups in total. The summed E-state index contributed by atoms with van der Waals surface area (Å²) in [5, 5.41) is 9.16. The number of hydrogen-bond acceptors (Lipinski definition) is 11. The van der Waals surface area contributed by atoms with Crippen LogP contribution in [0.15, 0.2) is 71.5 Å². The molecule has 0 aliphatic carbocycles. The number of piperidine rings is 2. The average molecular weight is 663 g/mol. The molecule has 1 unspecified atom stereocenters. The third-order valence-corrected chi connectivity index (χ3v) is 9.97. The van der Waals surface area contributed by atoms with E-state index >= 15 is 0 Å². The molecule has 5 aromatic rings.